The summed E-state index contributed by atoms with van der Waals surface area (Å²) in [5.41, 5.74) is 0.185. The third kappa shape index (κ3) is 4.50. The fourth-order valence-electron chi connectivity index (χ4n) is 1.17. The highest BCUT2D eigenvalue weighted by Crippen LogP contribution is 2.17. The number of thiazole rings is 1. The number of aromatic nitrogens is 1. The molecular weight excluding hydrogens is 286 g/mol. The lowest BCUT2D eigenvalue weighted by molar-refractivity contribution is -0.135. The molecule has 1 aromatic rings. The molecule has 1 rings (SSSR count). The molecule has 0 radical (unpaired) electrons. The molecule has 1 aromatic heterocycles. The number of hydrogen-bond acceptors (Lipinski definition) is 8. The minimum atomic E-state index is -0.651. The summed E-state index contributed by atoms with van der Waals surface area (Å²) in [5.74, 6) is -0.651. The minimum absolute atomic E-state index is 0.0671. The fourth-order valence-corrected chi connectivity index (χ4v) is 1.85. The van der Waals surface area contributed by atoms with Crippen molar-refractivity contribution in [3.63, 3.8) is 0 Å². The van der Waals surface area contributed by atoms with Crippen LogP contribution >= 0.6 is 11.3 Å². The van der Waals surface area contributed by atoms with Gasteiger partial charge < -0.3 is 14.3 Å². The number of carbonyl (C=O) groups excluding carboxylic acids is 2. The van der Waals surface area contributed by atoms with E-state index in [0.29, 0.717) is 0 Å². The number of carbonyl (C=O) groups is 2. The smallest absolute Gasteiger partial charge is 0.413 e. The van der Waals surface area contributed by atoms with Crippen LogP contribution < -0.4 is 5.32 Å². The Kier molecular flexibility index (Phi) is 6.44. The summed E-state index contributed by atoms with van der Waals surface area (Å²) in [5, 5.41) is 7.85. The second-order valence-corrected chi connectivity index (χ2v) is 4.08. The molecule has 1 N–H and O–H groups in total. The van der Waals surface area contributed by atoms with Gasteiger partial charge in [-0.05, 0) is 13.8 Å². The van der Waals surface area contributed by atoms with Crippen LogP contribution in [-0.4, -0.2) is 43.1 Å². The molecule has 0 fully saturated rings. The molecule has 1 heterocycles. The lowest BCUT2D eigenvalue weighted by atomic mass is 10.3. The fraction of sp³-hybridized carbons (Fsp3) is 0.455. The van der Waals surface area contributed by atoms with Gasteiger partial charge in [0, 0.05) is 5.38 Å². The van der Waals surface area contributed by atoms with Crippen molar-refractivity contribution in [2.45, 2.75) is 13.8 Å². The van der Waals surface area contributed by atoms with Gasteiger partial charge in [0.25, 0.3) is 0 Å². The van der Waals surface area contributed by atoms with Crippen LogP contribution in [0.5, 0.6) is 0 Å². The first-order valence-electron chi connectivity index (χ1n) is 5.80. The molecule has 1 amide bonds. The van der Waals surface area contributed by atoms with Crippen LogP contribution in [0.4, 0.5) is 9.93 Å². The van der Waals surface area contributed by atoms with Crippen molar-refractivity contribution in [1.82, 2.24) is 4.98 Å². The zero-order chi connectivity index (χ0) is 15.0. The Labute approximate surface area is 119 Å². The summed E-state index contributed by atoms with van der Waals surface area (Å²) >= 11 is 1.13. The van der Waals surface area contributed by atoms with E-state index in [-0.39, 0.29) is 29.8 Å². The molecule has 0 aliphatic rings. The van der Waals surface area contributed by atoms with Crippen LogP contribution in [0.3, 0.4) is 0 Å². The van der Waals surface area contributed by atoms with Crippen LogP contribution in [0.25, 0.3) is 0 Å². The molecule has 110 valence electrons. The molecule has 0 spiro atoms. The summed E-state index contributed by atoms with van der Waals surface area (Å²) in [6.07, 6.45) is -0.616. The lowest BCUT2D eigenvalue weighted by Gasteiger charge is -2.02. The Morgan fingerprint density at radius 1 is 1.35 bits per heavy atom. The van der Waals surface area contributed by atoms with Gasteiger partial charge in [0.15, 0.2) is 5.13 Å². The van der Waals surface area contributed by atoms with Crippen LogP contribution in [0.2, 0.25) is 0 Å². The normalized spacial score (nSPS) is 10.8. The van der Waals surface area contributed by atoms with Crippen molar-refractivity contribution in [1.29, 1.82) is 0 Å². The van der Waals surface area contributed by atoms with Crippen molar-refractivity contribution in [3.05, 3.63) is 11.1 Å². The number of oxime groups is 1. The Balaban J connectivity index is 2.84. The third-order valence-corrected chi connectivity index (χ3v) is 2.64. The molecule has 0 saturated carbocycles. The monoisotopic (exact) mass is 301 g/mol. The van der Waals surface area contributed by atoms with Crippen molar-refractivity contribution in [3.8, 4) is 0 Å². The van der Waals surface area contributed by atoms with E-state index in [9.17, 15) is 9.59 Å². The molecule has 0 aliphatic carbocycles. The first-order valence-corrected chi connectivity index (χ1v) is 6.68. The second-order valence-electron chi connectivity index (χ2n) is 3.23. The maximum absolute atomic E-state index is 11.7. The van der Waals surface area contributed by atoms with Crippen LogP contribution in [0.15, 0.2) is 10.5 Å². The van der Waals surface area contributed by atoms with Gasteiger partial charge in [0.2, 0.25) is 5.71 Å². The number of hydrogen-bond donors (Lipinski definition) is 1. The highest BCUT2D eigenvalue weighted by Gasteiger charge is 2.20. The average molecular weight is 301 g/mol. The molecule has 0 atom stereocenters. The van der Waals surface area contributed by atoms with Gasteiger partial charge >= 0.3 is 12.1 Å². The predicted octanol–water partition coefficient (Wildman–Crippen LogP) is 1.63. The first-order chi connectivity index (χ1) is 9.62. The van der Waals surface area contributed by atoms with Gasteiger partial charge in [-0.2, -0.15) is 0 Å². The van der Waals surface area contributed by atoms with Crippen molar-refractivity contribution < 1.29 is 23.9 Å². The number of amides is 1. The number of nitrogens with zero attached hydrogens (tertiary/aromatic N) is 2. The summed E-state index contributed by atoms with van der Waals surface area (Å²) in [6.45, 7) is 3.83. The molecule has 0 aliphatic heterocycles. The number of nitrogens with one attached hydrogen (secondary N) is 1. The Morgan fingerprint density at radius 2 is 2.05 bits per heavy atom. The van der Waals surface area contributed by atoms with E-state index in [0.717, 1.165) is 11.3 Å². The van der Waals surface area contributed by atoms with Crippen LogP contribution in [-0.2, 0) is 19.1 Å². The van der Waals surface area contributed by atoms with E-state index in [1.165, 1.54) is 7.11 Å². The number of rotatable bonds is 6. The predicted molar refractivity (Wildman–Crippen MR) is 72.9 cm³/mol. The van der Waals surface area contributed by atoms with E-state index in [4.69, 9.17) is 9.47 Å². The summed E-state index contributed by atoms with van der Waals surface area (Å²) in [4.78, 5) is 31.6. The van der Waals surface area contributed by atoms with E-state index < -0.39 is 12.1 Å². The number of anilines is 1. The van der Waals surface area contributed by atoms with Crippen molar-refractivity contribution in [2.75, 3.05) is 25.6 Å². The van der Waals surface area contributed by atoms with Crippen LogP contribution in [0.1, 0.15) is 19.5 Å². The molecule has 0 unspecified atom stereocenters. The van der Waals surface area contributed by atoms with Gasteiger partial charge in [0.1, 0.15) is 12.8 Å². The molecule has 0 saturated heterocycles. The Morgan fingerprint density at radius 3 is 2.65 bits per heavy atom. The maximum atomic E-state index is 11.7. The molecule has 0 aromatic carbocycles. The molecule has 8 nitrogen and oxygen atoms in total. The standard InChI is InChI=1S/C11H15N3O5S/c1-4-18-9(15)8(14-17-3)7-6-20-10(12-7)13-11(16)19-5-2/h6H,4-5H2,1-3H3,(H,12,13,16)/b14-8+. The largest absolute Gasteiger partial charge is 0.461 e. The quantitative estimate of drug-likeness (QED) is 0.487. The Hall–Kier alpha value is -2.16. The summed E-state index contributed by atoms with van der Waals surface area (Å²) in [7, 11) is 1.31. The molecule has 9 heteroatoms. The first kappa shape index (κ1) is 15.9. The van der Waals surface area contributed by atoms with Gasteiger partial charge in [-0.1, -0.05) is 5.16 Å². The Bertz CT molecular complexity index is 500. The molecular formula is C11H15N3O5S. The zero-order valence-corrected chi connectivity index (χ0v) is 12.2. The number of ether oxygens (including phenoxy) is 2. The lowest BCUT2D eigenvalue weighted by Crippen LogP contribution is -2.20. The molecule has 20 heavy (non-hydrogen) atoms. The minimum Gasteiger partial charge on any atom is -0.461 e. The van der Waals surface area contributed by atoms with E-state index >= 15 is 0 Å². The molecule has 0 bridgehead atoms. The van der Waals surface area contributed by atoms with Gasteiger partial charge in [-0.25, -0.2) is 14.6 Å². The van der Waals surface area contributed by atoms with E-state index in [2.05, 4.69) is 20.3 Å². The highest BCUT2D eigenvalue weighted by molar-refractivity contribution is 7.14. The van der Waals surface area contributed by atoms with Crippen LogP contribution in [0, 0.1) is 0 Å². The van der Waals surface area contributed by atoms with Gasteiger partial charge in [-0.15, -0.1) is 11.3 Å². The average Bonchev–Trinajstić information content (AvgIpc) is 2.84. The van der Waals surface area contributed by atoms with E-state index in [1.54, 1.807) is 19.2 Å². The summed E-state index contributed by atoms with van der Waals surface area (Å²) in [6, 6.07) is 0. The van der Waals surface area contributed by atoms with Crippen molar-refractivity contribution in [2.24, 2.45) is 5.16 Å². The topological polar surface area (TPSA) is 99.1 Å². The third-order valence-electron chi connectivity index (χ3n) is 1.88. The van der Waals surface area contributed by atoms with Crippen molar-refractivity contribution >= 4 is 34.2 Å². The van der Waals surface area contributed by atoms with Gasteiger partial charge in [-0.3, -0.25) is 5.32 Å². The second kappa shape index (κ2) is 8.10. The highest BCUT2D eigenvalue weighted by atomic mass is 32.1. The van der Waals surface area contributed by atoms with E-state index in [1.807, 2.05) is 0 Å². The number of esters is 1. The SMILES string of the molecule is CCOC(=O)Nc1nc(/C(=N\OC)C(=O)OCC)cs1. The maximum Gasteiger partial charge on any atom is 0.413 e. The zero-order valence-electron chi connectivity index (χ0n) is 11.3. The summed E-state index contributed by atoms with van der Waals surface area (Å²) < 4.78 is 9.56. The van der Waals surface area contributed by atoms with Gasteiger partial charge in [0.05, 0.1) is 13.2 Å².